The van der Waals surface area contributed by atoms with Crippen LogP contribution in [0.3, 0.4) is 0 Å². The smallest absolute Gasteiger partial charge is 0.235 e. The first kappa shape index (κ1) is 17.5. The van der Waals surface area contributed by atoms with Crippen LogP contribution >= 0.6 is 35.4 Å². The summed E-state index contributed by atoms with van der Waals surface area (Å²) in [6.45, 7) is 4.38. The molecule has 1 saturated carbocycles. The number of nitrogens with one attached hydrogen (secondary N) is 1. The van der Waals surface area contributed by atoms with Gasteiger partial charge in [-0.2, -0.15) is 0 Å². The van der Waals surface area contributed by atoms with Gasteiger partial charge < -0.3 is 10.2 Å². The lowest BCUT2D eigenvalue weighted by Crippen LogP contribution is -2.46. The van der Waals surface area contributed by atoms with Crippen molar-refractivity contribution in [1.29, 1.82) is 0 Å². The van der Waals surface area contributed by atoms with Crippen LogP contribution < -0.4 is 10.2 Å². The Morgan fingerprint density at radius 3 is 2.50 bits per heavy atom. The highest BCUT2D eigenvalue weighted by atomic mass is 35.5. The number of nitrogens with zero attached hydrogens (tertiary/aromatic N) is 1. The van der Waals surface area contributed by atoms with Crippen molar-refractivity contribution in [1.82, 2.24) is 5.32 Å². The Balaban J connectivity index is 1.86. The molecule has 1 atom stereocenters. The van der Waals surface area contributed by atoms with Crippen molar-refractivity contribution >= 4 is 62.9 Å². The van der Waals surface area contributed by atoms with E-state index in [0.717, 1.165) is 16.5 Å². The molecular formula is C18H18Cl2N2OS. The number of benzene rings is 2. The highest BCUT2D eigenvalue weighted by Crippen LogP contribution is 2.63. The standard InChI is InChI=1S/C18H18Cl2N2OS/c1-3-22(14-10-6-8-12-7-4-5-9-13(12)14)16(24)21-15(23)17(2)11-18(17,19)20/h4-10H,3,11H2,1-2H3,(H,21,23,24)/t17-/m1/s1. The highest BCUT2D eigenvalue weighted by Gasteiger charge is 2.68. The van der Waals surface area contributed by atoms with E-state index in [1.807, 2.05) is 42.2 Å². The SMILES string of the molecule is CCN(C(=S)NC(=O)[C@@]1(C)CC1(Cl)Cl)c1cccc2ccccc12. The van der Waals surface area contributed by atoms with Crippen LogP contribution in [0.2, 0.25) is 0 Å². The van der Waals surface area contributed by atoms with Gasteiger partial charge in [0.25, 0.3) is 0 Å². The minimum absolute atomic E-state index is 0.240. The van der Waals surface area contributed by atoms with Gasteiger partial charge in [-0.05, 0) is 43.9 Å². The predicted molar refractivity (Wildman–Crippen MR) is 105 cm³/mol. The molecule has 3 rings (SSSR count). The normalized spacial score (nSPS) is 21.3. The third kappa shape index (κ3) is 2.87. The van der Waals surface area contributed by atoms with E-state index >= 15 is 0 Å². The van der Waals surface area contributed by atoms with Crippen molar-refractivity contribution in [2.45, 2.75) is 24.6 Å². The number of amides is 1. The largest absolute Gasteiger partial charge is 0.318 e. The van der Waals surface area contributed by atoms with Gasteiger partial charge in [-0.15, -0.1) is 23.2 Å². The monoisotopic (exact) mass is 380 g/mol. The second-order valence-corrected chi connectivity index (χ2v) is 8.09. The summed E-state index contributed by atoms with van der Waals surface area (Å²) < 4.78 is -1.01. The molecule has 6 heteroatoms. The van der Waals surface area contributed by atoms with Gasteiger partial charge in [0, 0.05) is 11.9 Å². The third-order valence-electron chi connectivity index (χ3n) is 4.60. The van der Waals surface area contributed by atoms with E-state index in [1.165, 1.54) is 0 Å². The van der Waals surface area contributed by atoms with Crippen molar-refractivity contribution in [3.05, 3.63) is 42.5 Å². The molecule has 1 fully saturated rings. The molecule has 1 amide bonds. The molecule has 1 aliphatic rings. The summed E-state index contributed by atoms with van der Waals surface area (Å²) in [5, 5.41) is 5.37. The Morgan fingerprint density at radius 1 is 1.25 bits per heavy atom. The molecule has 2 aromatic carbocycles. The van der Waals surface area contributed by atoms with Gasteiger partial charge in [0.1, 0.15) is 4.33 Å². The molecule has 0 unspecified atom stereocenters. The quantitative estimate of drug-likeness (QED) is 0.621. The zero-order valence-electron chi connectivity index (χ0n) is 13.5. The number of carbonyl (C=O) groups is 1. The van der Waals surface area contributed by atoms with E-state index in [4.69, 9.17) is 35.4 Å². The van der Waals surface area contributed by atoms with Crippen molar-refractivity contribution < 1.29 is 4.79 Å². The Labute approximate surface area is 156 Å². The fourth-order valence-electron chi connectivity index (χ4n) is 2.82. The summed E-state index contributed by atoms with van der Waals surface area (Å²) >= 11 is 17.6. The Morgan fingerprint density at radius 2 is 1.88 bits per heavy atom. The number of hydrogen-bond acceptors (Lipinski definition) is 2. The lowest BCUT2D eigenvalue weighted by Gasteiger charge is -2.26. The van der Waals surface area contributed by atoms with E-state index < -0.39 is 9.75 Å². The molecule has 0 aromatic heterocycles. The van der Waals surface area contributed by atoms with Crippen LogP contribution in [-0.2, 0) is 4.79 Å². The second-order valence-electron chi connectivity index (χ2n) is 6.22. The number of halogens is 2. The summed E-state index contributed by atoms with van der Waals surface area (Å²) in [5.74, 6) is -0.240. The Hall–Kier alpha value is -1.36. The molecule has 1 aliphatic carbocycles. The van der Waals surface area contributed by atoms with Gasteiger partial charge in [0.2, 0.25) is 5.91 Å². The van der Waals surface area contributed by atoms with Gasteiger partial charge in [0.15, 0.2) is 5.11 Å². The first-order valence-electron chi connectivity index (χ1n) is 7.79. The van der Waals surface area contributed by atoms with Crippen molar-refractivity contribution in [2.24, 2.45) is 5.41 Å². The van der Waals surface area contributed by atoms with E-state index in [-0.39, 0.29) is 5.91 Å². The fraction of sp³-hybridized carbons (Fsp3) is 0.333. The summed E-state index contributed by atoms with van der Waals surface area (Å²) in [5.41, 5.74) is 0.170. The predicted octanol–water partition coefficient (Wildman–Crippen LogP) is 4.65. The molecule has 3 nitrogen and oxygen atoms in total. The number of alkyl halides is 2. The molecule has 0 radical (unpaired) electrons. The van der Waals surface area contributed by atoms with Crippen LogP contribution in [0.4, 0.5) is 5.69 Å². The van der Waals surface area contributed by atoms with Crippen LogP contribution in [0.1, 0.15) is 20.3 Å². The second kappa shape index (κ2) is 6.17. The first-order valence-corrected chi connectivity index (χ1v) is 8.95. The van der Waals surface area contributed by atoms with Crippen LogP contribution in [0.15, 0.2) is 42.5 Å². The molecule has 24 heavy (non-hydrogen) atoms. The van der Waals surface area contributed by atoms with E-state index in [2.05, 4.69) is 17.4 Å². The molecule has 2 aromatic rings. The van der Waals surface area contributed by atoms with E-state index in [0.29, 0.717) is 18.1 Å². The summed E-state index contributed by atoms with van der Waals surface area (Å²) in [4.78, 5) is 14.4. The lowest BCUT2D eigenvalue weighted by molar-refractivity contribution is -0.124. The Bertz CT molecular complexity index is 818. The van der Waals surface area contributed by atoms with Gasteiger partial charge in [0.05, 0.1) is 11.1 Å². The summed E-state index contributed by atoms with van der Waals surface area (Å²) in [7, 11) is 0. The molecule has 0 spiro atoms. The summed E-state index contributed by atoms with van der Waals surface area (Å²) in [6, 6.07) is 14.1. The summed E-state index contributed by atoms with van der Waals surface area (Å²) in [6.07, 6.45) is 0.429. The molecule has 0 aliphatic heterocycles. The number of rotatable bonds is 3. The average Bonchev–Trinajstić information content (AvgIpc) is 3.08. The Kier molecular flexibility index (Phi) is 4.49. The maximum atomic E-state index is 12.5. The number of anilines is 1. The van der Waals surface area contributed by atoms with Crippen molar-refractivity contribution in [2.75, 3.05) is 11.4 Å². The number of thiocarbonyl (C=S) groups is 1. The van der Waals surface area contributed by atoms with Crippen LogP contribution in [0.25, 0.3) is 10.8 Å². The first-order chi connectivity index (χ1) is 11.3. The maximum absolute atomic E-state index is 12.5. The zero-order valence-corrected chi connectivity index (χ0v) is 15.8. The minimum atomic E-state index is -1.01. The highest BCUT2D eigenvalue weighted by molar-refractivity contribution is 7.80. The van der Waals surface area contributed by atoms with Crippen molar-refractivity contribution in [3.63, 3.8) is 0 Å². The maximum Gasteiger partial charge on any atom is 0.235 e. The van der Waals surface area contributed by atoms with Gasteiger partial charge in [-0.3, -0.25) is 4.79 Å². The number of hydrogen-bond donors (Lipinski definition) is 1. The van der Waals surface area contributed by atoms with Crippen LogP contribution in [-0.4, -0.2) is 21.9 Å². The zero-order chi connectivity index (χ0) is 17.5. The molecule has 0 saturated heterocycles. The van der Waals surface area contributed by atoms with Crippen molar-refractivity contribution in [3.8, 4) is 0 Å². The van der Waals surface area contributed by atoms with E-state index in [9.17, 15) is 4.79 Å². The molecule has 126 valence electrons. The van der Waals surface area contributed by atoms with Gasteiger partial charge in [-0.1, -0.05) is 36.4 Å². The molecule has 0 heterocycles. The molecular weight excluding hydrogens is 363 g/mol. The topological polar surface area (TPSA) is 32.3 Å². The molecule has 0 bridgehead atoms. The minimum Gasteiger partial charge on any atom is -0.318 e. The number of carbonyl (C=O) groups excluding carboxylic acids is 1. The van der Waals surface area contributed by atoms with E-state index in [1.54, 1.807) is 6.92 Å². The number of fused-ring (bicyclic) bond motifs is 1. The van der Waals surface area contributed by atoms with Crippen LogP contribution in [0, 0.1) is 5.41 Å². The average molecular weight is 381 g/mol. The van der Waals surface area contributed by atoms with Gasteiger partial charge in [-0.25, -0.2) is 0 Å². The molecule has 1 N–H and O–H groups in total. The van der Waals surface area contributed by atoms with Crippen LogP contribution in [0.5, 0.6) is 0 Å². The fourth-order valence-corrected chi connectivity index (χ4v) is 3.84. The van der Waals surface area contributed by atoms with Gasteiger partial charge >= 0.3 is 0 Å². The lowest BCUT2D eigenvalue weighted by atomic mass is 10.1. The third-order valence-corrected chi connectivity index (χ3v) is 6.02.